The summed E-state index contributed by atoms with van der Waals surface area (Å²) in [5, 5.41) is 31.8. The van der Waals surface area contributed by atoms with Crippen molar-refractivity contribution in [2.75, 3.05) is 11.9 Å². The number of rotatable bonds is 7. The molecule has 0 aliphatic rings. The normalized spacial score (nSPS) is 10.7. The van der Waals surface area contributed by atoms with E-state index in [2.05, 4.69) is 22.4 Å². The van der Waals surface area contributed by atoms with E-state index in [4.69, 9.17) is 0 Å². The summed E-state index contributed by atoms with van der Waals surface area (Å²) in [5.74, 6) is 0.0423. The Hall–Kier alpha value is -1.82. The number of nitrogens with zero attached hydrogens (tertiary/aromatic N) is 2. The minimum atomic E-state index is 0.00986. The quantitative estimate of drug-likeness (QED) is 0.680. The molecule has 108 valence electrons. The van der Waals surface area contributed by atoms with E-state index in [0.29, 0.717) is 10.6 Å². The molecule has 1 heterocycles. The minimum absolute atomic E-state index is 0.00986. The summed E-state index contributed by atoms with van der Waals surface area (Å²) in [7, 11) is 0. The lowest BCUT2D eigenvalue weighted by Crippen LogP contribution is -2.00. The molecule has 0 unspecified atom stereocenters. The van der Waals surface area contributed by atoms with E-state index in [1.807, 2.05) is 0 Å². The van der Waals surface area contributed by atoms with Crippen molar-refractivity contribution in [3.05, 3.63) is 18.2 Å². The zero-order valence-electron chi connectivity index (χ0n) is 11.5. The Kier molecular flexibility index (Phi) is 5.17. The maximum atomic E-state index is 9.79. The summed E-state index contributed by atoms with van der Waals surface area (Å²) < 4.78 is 0. The maximum absolute atomic E-state index is 9.79. The third-order valence-corrected chi connectivity index (χ3v) is 3.86. The number of aromatic hydroxyl groups is 2. The number of phenolic OH excluding ortho intramolecular Hbond substituents is 2. The molecule has 1 aromatic heterocycles. The second-order valence-corrected chi connectivity index (χ2v) is 5.58. The fourth-order valence-electron chi connectivity index (χ4n) is 1.85. The Morgan fingerprint density at radius 1 is 1.15 bits per heavy atom. The van der Waals surface area contributed by atoms with Gasteiger partial charge in [-0.15, -0.1) is 10.2 Å². The Morgan fingerprint density at radius 3 is 2.75 bits per heavy atom. The summed E-state index contributed by atoms with van der Waals surface area (Å²) in [6.45, 7) is 3.07. The molecule has 1 aromatic carbocycles. The predicted octanol–water partition coefficient (Wildman–Crippen LogP) is 3.61. The van der Waals surface area contributed by atoms with Crippen LogP contribution in [0, 0.1) is 0 Å². The molecule has 5 nitrogen and oxygen atoms in total. The number of phenols is 2. The Bertz CT molecular complexity index is 557. The third-order valence-electron chi connectivity index (χ3n) is 2.94. The number of unbranched alkanes of at least 4 members (excludes halogenated alkanes) is 3. The van der Waals surface area contributed by atoms with Crippen LogP contribution in [-0.4, -0.2) is 27.0 Å². The van der Waals surface area contributed by atoms with Crippen LogP contribution in [0.25, 0.3) is 10.6 Å². The highest BCUT2D eigenvalue weighted by Crippen LogP contribution is 2.34. The van der Waals surface area contributed by atoms with Crippen LogP contribution in [0.4, 0.5) is 5.13 Å². The van der Waals surface area contributed by atoms with Crippen LogP contribution >= 0.6 is 11.3 Å². The van der Waals surface area contributed by atoms with Gasteiger partial charge in [-0.3, -0.25) is 0 Å². The molecular formula is C14H19N3O2S. The van der Waals surface area contributed by atoms with Gasteiger partial charge in [-0.05, 0) is 18.6 Å². The monoisotopic (exact) mass is 293 g/mol. The Balaban J connectivity index is 1.95. The molecule has 2 rings (SSSR count). The van der Waals surface area contributed by atoms with E-state index < -0.39 is 0 Å². The van der Waals surface area contributed by atoms with Crippen LogP contribution in [0.1, 0.15) is 32.6 Å². The van der Waals surface area contributed by atoms with Gasteiger partial charge in [0, 0.05) is 12.6 Å². The molecule has 0 radical (unpaired) electrons. The number of anilines is 1. The number of aromatic nitrogens is 2. The van der Waals surface area contributed by atoms with Crippen LogP contribution < -0.4 is 5.32 Å². The molecule has 3 N–H and O–H groups in total. The number of benzene rings is 1. The first-order chi connectivity index (χ1) is 9.70. The van der Waals surface area contributed by atoms with Crippen molar-refractivity contribution in [3.8, 4) is 22.1 Å². The zero-order chi connectivity index (χ0) is 14.4. The molecular weight excluding hydrogens is 274 g/mol. The van der Waals surface area contributed by atoms with Gasteiger partial charge in [0.15, 0.2) is 5.01 Å². The zero-order valence-corrected chi connectivity index (χ0v) is 12.3. The number of hydrogen-bond acceptors (Lipinski definition) is 6. The minimum Gasteiger partial charge on any atom is -0.508 e. The van der Waals surface area contributed by atoms with Crippen LogP contribution in [-0.2, 0) is 0 Å². The van der Waals surface area contributed by atoms with Crippen molar-refractivity contribution >= 4 is 16.5 Å². The molecule has 0 aliphatic carbocycles. The van der Waals surface area contributed by atoms with Gasteiger partial charge in [0.25, 0.3) is 0 Å². The number of hydrogen-bond donors (Lipinski definition) is 3. The average Bonchev–Trinajstić information content (AvgIpc) is 2.87. The van der Waals surface area contributed by atoms with Gasteiger partial charge in [0.1, 0.15) is 11.5 Å². The van der Waals surface area contributed by atoms with Crippen molar-refractivity contribution in [1.29, 1.82) is 0 Å². The third kappa shape index (κ3) is 3.84. The molecule has 0 atom stereocenters. The van der Waals surface area contributed by atoms with Crippen molar-refractivity contribution in [1.82, 2.24) is 10.2 Å². The highest BCUT2D eigenvalue weighted by Gasteiger charge is 2.11. The van der Waals surface area contributed by atoms with Gasteiger partial charge in [-0.2, -0.15) is 0 Å². The first-order valence-corrected chi connectivity index (χ1v) is 7.62. The second kappa shape index (κ2) is 7.09. The molecule has 6 heteroatoms. The highest BCUT2D eigenvalue weighted by molar-refractivity contribution is 7.18. The van der Waals surface area contributed by atoms with Gasteiger partial charge in [0.2, 0.25) is 5.13 Å². The van der Waals surface area contributed by atoms with Gasteiger partial charge in [-0.25, -0.2) is 0 Å². The average molecular weight is 293 g/mol. The molecule has 0 saturated carbocycles. The smallest absolute Gasteiger partial charge is 0.206 e. The van der Waals surface area contributed by atoms with E-state index in [1.165, 1.54) is 42.7 Å². The van der Waals surface area contributed by atoms with Gasteiger partial charge in [-0.1, -0.05) is 37.5 Å². The Labute approximate surface area is 122 Å². The van der Waals surface area contributed by atoms with Crippen LogP contribution in [0.2, 0.25) is 0 Å². The van der Waals surface area contributed by atoms with E-state index in [0.717, 1.165) is 18.1 Å². The highest BCUT2D eigenvalue weighted by atomic mass is 32.1. The second-order valence-electron chi connectivity index (χ2n) is 4.60. The van der Waals surface area contributed by atoms with Gasteiger partial charge in [0.05, 0.1) is 5.56 Å². The first-order valence-electron chi connectivity index (χ1n) is 6.80. The van der Waals surface area contributed by atoms with Crippen LogP contribution in [0.15, 0.2) is 18.2 Å². The van der Waals surface area contributed by atoms with Crippen molar-refractivity contribution in [3.63, 3.8) is 0 Å². The summed E-state index contributed by atoms with van der Waals surface area (Å²) in [4.78, 5) is 0. The predicted molar refractivity (Wildman–Crippen MR) is 81.3 cm³/mol. The SMILES string of the molecule is CCCCCCNc1nnc(-c2ccc(O)cc2O)s1. The largest absolute Gasteiger partial charge is 0.508 e. The summed E-state index contributed by atoms with van der Waals surface area (Å²) in [6, 6.07) is 4.46. The van der Waals surface area contributed by atoms with Crippen molar-refractivity contribution in [2.45, 2.75) is 32.6 Å². The molecule has 0 aliphatic heterocycles. The standard InChI is InChI=1S/C14H19N3O2S/c1-2-3-4-5-8-15-14-17-16-13(20-14)11-7-6-10(18)9-12(11)19/h6-7,9,18-19H,2-5,8H2,1H3,(H,15,17). The lowest BCUT2D eigenvalue weighted by atomic mass is 10.2. The summed E-state index contributed by atoms with van der Waals surface area (Å²) >= 11 is 1.39. The maximum Gasteiger partial charge on any atom is 0.206 e. The molecule has 0 amide bonds. The topological polar surface area (TPSA) is 78.3 Å². The van der Waals surface area contributed by atoms with Crippen molar-refractivity contribution < 1.29 is 10.2 Å². The fourth-order valence-corrected chi connectivity index (χ4v) is 2.65. The molecule has 0 spiro atoms. The van der Waals surface area contributed by atoms with E-state index >= 15 is 0 Å². The molecule has 0 fully saturated rings. The Morgan fingerprint density at radius 2 is 2.00 bits per heavy atom. The van der Waals surface area contributed by atoms with E-state index in [1.54, 1.807) is 6.07 Å². The van der Waals surface area contributed by atoms with Crippen LogP contribution in [0.5, 0.6) is 11.5 Å². The number of nitrogens with one attached hydrogen (secondary N) is 1. The molecule has 2 aromatic rings. The summed E-state index contributed by atoms with van der Waals surface area (Å²) in [5.41, 5.74) is 0.583. The summed E-state index contributed by atoms with van der Waals surface area (Å²) in [6.07, 6.45) is 4.81. The molecule has 0 saturated heterocycles. The van der Waals surface area contributed by atoms with E-state index in [9.17, 15) is 10.2 Å². The molecule has 0 bridgehead atoms. The lowest BCUT2D eigenvalue weighted by Gasteiger charge is -2.01. The fraction of sp³-hybridized carbons (Fsp3) is 0.429. The van der Waals surface area contributed by atoms with Crippen molar-refractivity contribution in [2.24, 2.45) is 0 Å². The first kappa shape index (κ1) is 14.6. The molecule has 20 heavy (non-hydrogen) atoms. The lowest BCUT2D eigenvalue weighted by molar-refractivity contribution is 0.452. The van der Waals surface area contributed by atoms with Gasteiger partial charge < -0.3 is 15.5 Å². The van der Waals surface area contributed by atoms with E-state index in [-0.39, 0.29) is 11.5 Å². The van der Waals surface area contributed by atoms with Crippen LogP contribution in [0.3, 0.4) is 0 Å². The van der Waals surface area contributed by atoms with Gasteiger partial charge >= 0.3 is 0 Å².